The maximum Gasteiger partial charge on any atom is 0.165 e. The molecule has 7 heterocycles. The van der Waals surface area contributed by atoms with E-state index >= 15 is 0 Å². The molecule has 0 amide bonds. The Balaban J connectivity index is 0.000000105. The zero-order chi connectivity index (χ0) is 72.7. The first-order valence-electron chi connectivity index (χ1n) is 38.1. The normalized spacial score (nSPS) is 33.1. The van der Waals surface area contributed by atoms with E-state index in [9.17, 15) is 46.0 Å². The zero-order valence-electron chi connectivity index (χ0n) is 61.3. The fourth-order valence-electron chi connectivity index (χ4n) is 21.2. The van der Waals surface area contributed by atoms with Crippen molar-refractivity contribution >= 4 is 0 Å². The highest BCUT2D eigenvalue weighted by Gasteiger charge is 2.66. The molecular weight excluding hydrogens is 1310 g/mol. The lowest BCUT2D eigenvalue weighted by Crippen LogP contribution is -2.64. The van der Waals surface area contributed by atoms with Crippen LogP contribution in [0.2, 0.25) is 0 Å². The van der Waals surface area contributed by atoms with Crippen LogP contribution in [0.15, 0.2) is 151 Å². The zero-order valence-corrected chi connectivity index (χ0v) is 61.3. The van der Waals surface area contributed by atoms with Crippen LogP contribution < -0.4 is 18.9 Å². The molecule has 1 saturated carbocycles. The molecule has 6 aromatic rings. The molecule has 18 unspecified atom stereocenters. The number of phenols is 3. The number of ether oxygens (including phenoxy) is 4. The van der Waals surface area contributed by atoms with Crippen LogP contribution >= 0.6 is 0 Å². The molecule has 104 heavy (non-hydrogen) atoms. The van der Waals surface area contributed by atoms with E-state index in [2.05, 4.69) is 90.1 Å². The van der Waals surface area contributed by atoms with Gasteiger partial charge >= 0.3 is 0 Å². The fourth-order valence-corrected chi connectivity index (χ4v) is 21.2. The number of aliphatic hydroxyl groups excluding tert-OH is 5. The summed E-state index contributed by atoms with van der Waals surface area (Å²) in [6.45, 7) is 8.32. The van der Waals surface area contributed by atoms with Crippen molar-refractivity contribution in [2.24, 2.45) is 17.8 Å². The molecule has 9 N–H and O–H groups in total. The van der Waals surface area contributed by atoms with Crippen molar-refractivity contribution in [2.75, 3.05) is 81.6 Å². The number of hydrogen-bond donors (Lipinski definition) is 9. The van der Waals surface area contributed by atoms with Crippen molar-refractivity contribution in [3.63, 3.8) is 0 Å². The van der Waals surface area contributed by atoms with Crippen molar-refractivity contribution in [1.29, 1.82) is 0 Å². The van der Waals surface area contributed by atoms with E-state index in [1.807, 2.05) is 85.8 Å². The molecule has 0 radical (unpaired) electrons. The maximum absolute atomic E-state index is 11.1. The first kappa shape index (κ1) is 72.3. The molecule has 18 atom stereocenters. The second-order valence-corrected chi connectivity index (χ2v) is 32.4. The molecule has 554 valence electrons. The Hall–Kier alpha value is -7.30. The summed E-state index contributed by atoms with van der Waals surface area (Å²) in [5.41, 5.74) is 11.7. The minimum absolute atomic E-state index is 0.0110. The number of aliphatic hydroxyl groups is 6. The summed E-state index contributed by atoms with van der Waals surface area (Å²) in [5, 5.41) is 91.7. The second-order valence-electron chi connectivity index (χ2n) is 32.4. The van der Waals surface area contributed by atoms with Gasteiger partial charge in [0, 0.05) is 102 Å². The van der Waals surface area contributed by atoms with E-state index in [4.69, 9.17) is 18.9 Å². The van der Waals surface area contributed by atoms with Gasteiger partial charge in [0.05, 0.1) is 25.9 Å². The number of likely N-dealkylation sites (N-methyl/N-ethyl adjacent to an activating group) is 3. The Bertz CT molecular complexity index is 4190. The quantitative estimate of drug-likeness (QED) is 0.0613. The largest absolute Gasteiger partial charge is 0.508 e. The number of piperidine rings is 3. The van der Waals surface area contributed by atoms with Gasteiger partial charge in [0.15, 0.2) is 23.0 Å². The Morgan fingerprint density at radius 2 is 1.30 bits per heavy atom. The average Bonchev–Trinajstić information content (AvgIpc) is 1.48. The number of likely N-dealkylation sites (tertiary alicyclic amines) is 3. The number of benzene rings is 6. The van der Waals surface area contributed by atoms with Gasteiger partial charge in [-0.05, 0) is 200 Å². The number of nitrogens with zero attached hydrogens (tertiary/aromatic N) is 5. The summed E-state index contributed by atoms with van der Waals surface area (Å²) in [5.74, 6) is 6.35. The minimum Gasteiger partial charge on any atom is -0.508 e. The Labute approximate surface area is 612 Å². The predicted octanol–water partition coefficient (Wildman–Crippen LogP) is 9.88. The van der Waals surface area contributed by atoms with Crippen LogP contribution in [0.4, 0.5) is 0 Å². The lowest BCUT2D eigenvalue weighted by Gasteiger charge is -2.56. The first-order valence-corrected chi connectivity index (χ1v) is 38.1. The number of aromatic hydroxyl groups is 3. The number of rotatable bonds is 9. The molecule has 4 fully saturated rings. The molecule has 19 rings (SSSR count). The highest BCUT2D eigenvalue weighted by molar-refractivity contribution is 5.63. The average molecular weight is 1420 g/mol. The van der Waals surface area contributed by atoms with Crippen LogP contribution in [0.1, 0.15) is 138 Å². The van der Waals surface area contributed by atoms with Crippen LogP contribution in [-0.2, 0) is 42.4 Å². The third kappa shape index (κ3) is 12.8. The molecule has 2 spiro atoms. The highest BCUT2D eigenvalue weighted by Crippen LogP contribution is 2.64. The van der Waals surface area contributed by atoms with E-state index < -0.39 is 30.0 Å². The Kier molecular flexibility index (Phi) is 20.2. The van der Waals surface area contributed by atoms with Gasteiger partial charge in [-0.25, -0.2) is 0 Å². The van der Waals surface area contributed by atoms with Crippen molar-refractivity contribution in [2.45, 2.75) is 180 Å². The molecule has 4 bridgehead atoms. The van der Waals surface area contributed by atoms with Gasteiger partial charge in [0.25, 0.3) is 0 Å². The van der Waals surface area contributed by atoms with Crippen molar-refractivity contribution in [3.8, 4) is 40.2 Å². The topological polar surface area (TPSA) is 235 Å². The van der Waals surface area contributed by atoms with Crippen molar-refractivity contribution in [1.82, 2.24) is 24.5 Å². The molecule has 18 nitrogen and oxygen atoms in total. The van der Waals surface area contributed by atoms with Gasteiger partial charge < -0.3 is 79.6 Å². The molecular formula is C86H107N5O13. The van der Waals surface area contributed by atoms with Gasteiger partial charge in [-0.2, -0.15) is 0 Å². The van der Waals surface area contributed by atoms with Gasteiger partial charge in [-0.1, -0.05) is 122 Å². The number of β-amino-alcohol motifs (C(OH)–C–C–N with tert-alkyl or cyclic N) is 1. The van der Waals surface area contributed by atoms with Crippen LogP contribution in [0.5, 0.6) is 40.2 Å². The number of phenolic OH excluding ortho intramolecular Hbond substituents is 3. The molecule has 6 aromatic carbocycles. The summed E-state index contributed by atoms with van der Waals surface area (Å²) in [6.07, 6.45) is 19.1. The molecule has 0 aromatic heterocycles. The van der Waals surface area contributed by atoms with Gasteiger partial charge in [0.1, 0.15) is 53.4 Å². The predicted molar refractivity (Wildman–Crippen MR) is 400 cm³/mol. The monoisotopic (exact) mass is 1420 g/mol. The second kappa shape index (κ2) is 29.1. The van der Waals surface area contributed by atoms with E-state index in [-0.39, 0.29) is 59.2 Å². The molecule has 6 aliphatic carbocycles. The van der Waals surface area contributed by atoms with Gasteiger partial charge in [-0.3, -0.25) is 9.80 Å². The molecule has 3 saturated heterocycles. The summed E-state index contributed by atoms with van der Waals surface area (Å²) >= 11 is 0. The summed E-state index contributed by atoms with van der Waals surface area (Å²) in [6, 6.07) is 37.1. The Morgan fingerprint density at radius 1 is 0.654 bits per heavy atom. The van der Waals surface area contributed by atoms with Crippen LogP contribution in [0.3, 0.4) is 0 Å². The molecule has 13 aliphatic rings. The highest BCUT2D eigenvalue weighted by atomic mass is 16.5. The third-order valence-corrected chi connectivity index (χ3v) is 26.1. The van der Waals surface area contributed by atoms with Crippen molar-refractivity contribution in [3.05, 3.63) is 207 Å². The van der Waals surface area contributed by atoms with Crippen LogP contribution in [0.25, 0.3) is 0 Å². The van der Waals surface area contributed by atoms with E-state index in [0.717, 1.165) is 118 Å². The van der Waals surface area contributed by atoms with Crippen LogP contribution in [0, 0.1) is 17.8 Å². The number of methoxy groups -OCH3 is 1. The summed E-state index contributed by atoms with van der Waals surface area (Å²) < 4.78 is 23.9. The maximum atomic E-state index is 11.1. The fraction of sp³-hybridized carbons (Fsp3) is 0.512. The van der Waals surface area contributed by atoms with E-state index in [1.165, 1.54) is 70.2 Å². The lowest BCUT2D eigenvalue weighted by atomic mass is 9.53. The first-order chi connectivity index (χ1) is 50.1. The van der Waals surface area contributed by atoms with E-state index in [1.54, 1.807) is 43.5 Å². The number of hydrogen-bond acceptors (Lipinski definition) is 18. The van der Waals surface area contributed by atoms with Crippen molar-refractivity contribution < 1.29 is 64.9 Å². The standard InChI is InChI=1S/C20H25NO3.C18H21NO3.C17H19NO3.C16H19NO3.C15H23NO/c1-15(19(23)16-8-10-18(22)11-9-16)21-13-5-12-20(24,14-21)17-6-3-2-4-7-17;1-19-7-6-18-12-4-5-14(21)17(18)22-16-11(9-20)3-2-10(15(16)18)8-13(12)19;1-18-7-6-17-10-3-5-13(20)16(17)21-15-12(19)4-2-9(14(15)17)8-11(10)18;1-17-7-9-3-4-12(19-2)16-15(9)14-10(8-17)5-11(18)6-13(14)20-16;1-16(2)11-13-6-3-4-9-15(13)12-7-5-8-14(17)10-12/h2-4,6-11,15,19,22-24H,5,12-14H2,1H3;2-5,12-14,17,20-21H,6-9H2,1H3;2-5,10-11,13,16,19-20H,6-8H2,1H3;3-5,11,13-14,18H,6-8H2,1-2H3;5,7-8,10,13,15,17H,3-4,6,9,11H2,1-2H3. The minimum atomic E-state index is -0.873. The van der Waals surface area contributed by atoms with E-state index in [0.29, 0.717) is 54.3 Å². The Morgan fingerprint density at radius 3 is 1.95 bits per heavy atom. The SMILES string of the molecule is CC(C(O)c1ccc(O)cc1)N1CCCC(O)(c2ccccc2)C1.CN(C)CC1CCCCC1c1cccc(O)c1.CN1CCC23c4c5ccc(CO)c4OC2C(O)C=CC3C1C5.CN1CCC23c4c5ccc(O)c4OC2C(O)C=CC3C1C5.COc1ccc2c3c1OC1CC(O)C=C(CN(C)C2)C31. The smallest absolute Gasteiger partial charge is 0.165 e. The summed E-state index contributed by atoms with van der Waals surface area (Å²) in [4.78, 5) is 11.6. The van der Waals surface area contributed by atoms with Crippen LogP contribution in [-0.4, -0.2) is 207 Å². The van der Waals surface area contributed by atoms with Gasteiger partial charge in [0.2, 0.25) is 0 Å². The summed E-state index contributed by atoms with van der Waals surface area (Å²) in [7, 11) is 12.5. The third-order valence-electron chi connectivity index (χ3n) is 26.1. The van der Waals surface area contributed by atoms with Gasteiger partial charge in [-0.15, -0.1) is 0 Å². The lowest BCUT2D eigenvalue weighted by molar-refractivity contribution is -0.0649. The molecule has 7 aliphatic heterocycles. The molecule has 18 heteroatoms.